The molecule has 4 bridgehead atoms. The summed E-state index contributed by atoms with van der Waals surface area (Å²) in [4.78, 5) is 96.3. The molecule has 0 aromatic carbocycles. The number of aliphatic carboxylic acids is 2. The molecule has 0 aromatic heterocycles. The number of cyclic esters (lactones) is 4. The maximum atomic E-state index is 14.2. The third-order valence-electron chi connectivity index (χ3n) is 21.0. The number of carbonyl (C=O) groups excluding carboxylic acids is 4. The van der Waals surface area contributed by atoms with Crippen molar-refractivity contribution >= 4 is 35.8 Å². The summed E-state index contributed by atoms with van der Waals surface area (Å²) >= 11 is 0. The monoisotopic (exact) mass is 850 g/mol. The lowest BCUT2D eigenvalue weighted by molar-refractivity contribution is -0.434. The molecule has 20 unspecified atom stereocenters. The first-order valence-corrected chi connectivity index (χ1v) is 23.9. The second-order valence-electron chi connectivity index (χ2n) is 23.7. The zero-order chi connectivity index (χ0) is 44.1. The Bertz CT molecular complexity index is 1890. The predicted octanol–water partition coefficient (Wildman–Crippen LogP) is 8.14. The SMILES string of the molecule is CC(C)C1C2CC(C)C3(C)CCCC(C)(C(=O)O)C3CCC(C1OOC1C(C(C)C)C3CC4C5(C)CCCC(C)(C(=O)O)C5CCC14C1C(=O)OC(=O)C31)C1C(=O)OC(=O)C21. The Kier molecular flexibility index (Phi) is 10.2. The van der Waals surface area contributed by atoms with Crippen LogP contribution in [0.5, 0.6) is 0 Å². The Morgan fingerprint density at radius 2 is 1.13 bits per heavy atom. The van der Waals surface area contributed by atoms with Crippen LogP contribution in [-0.4, -0.2) is 58.2 Å². The van der Waals surface area contributed by atoms with E-state index in [2.05, 4.69) is 48.5 Å². The van der Waals surface area contributed by atoms with Gasteiger partial charge in [-0.1, -0.05) is 61.3 Å². The smallest absolute Gasteiger partial charge is 0.318 e. The summed E-state index contributed by atoms with van der Waals surface area (Å²) in [7, 11) is 0. The van der Waals surface area contributed by atoms with Gasteiger partial charge in [-0.05, 0) is 148 Å². The molecule has 2 N–H and O–H groups in total. The van der Waals surface area contributed by atoms with E-state index in [1.54, 1.807) is 0 Å². The molecule has 9 aliphatic carbocycles. The Hall–Kier alpha value is -2.86. The lowest BCUT2D eigenvalue weighted by atomic mass is 9.31. The van der Waals surface area contributed by atoms with Gasteiger partial charge in [0.15, 0.2) is 0 Å². The Labute approximate surface area is 360 Å². The van der Waals surface area contributed by atoms with Gasteiger partial charge in [-0.25, -0.2) is 9.78 Å². The first kappa shape index (κ1) is 43.4. The summed E-state index contributed by atoms with van der Waals surface area (Å²) in [6.45, 7) is 19.0. The lowest BCUT2D eigenvalue weighted by Crippen LogP contribution is -2.73. The van der Waals surface area contributed by atoms with Crippen LogP contribution in [0.3, 0.4) is 0 Å². The molecule has 0 amide bonds. The number of esters is 4. The van der Waals surface area contributed by atoms with Crippen LogP contribution in [0, 0.1) is 116 Å². The van der Waals surface area contributed by atoms with Gasteiger partial charge >= 0.3 is 35.8 Å². The minimum atomic E-state index is -0.954. The molecular formula is C49H70O12. The van der Waals surface area contributed by atoms with Crippen molar-refractivity contribution in [3.8, 4) is 0 Å². The number of ether oxygens (including phenoxy) is 2. The summed E-state index contributed by atoms with van der Waals surface area (Å²) in [5.41, 5.74) is -3.49. The molecule has 338 valence electrons. The van der Waals surface area contributed by atoms with Crippen molar-refractivity contribution in [2.75, 3.05) is 0 Å². The third kappa shape index (κ3) is 5.66. The Morgan fingerprint density at radius 3 is 1.72 bits per heavy atom. The number of hydrogen-bond donors (Lipinski definition) is 2. The van der Waals surface area contributed by atoms with Crippen molar-refractivity contribution in [1.29, 1.82) is 0 Å². The molecule has 12 nitrogen and oxygen atoms in total. The summed E-state index contributed by atoms with van der Waals surface area (Å²) in [5.74, 6) is -8.07. The maximum absolute atomic E-state index is 14.2. The zero-order valence-electron chi connectivity index (χ0n) is 37.8. The largest absolute Gasteiger partial charge is 0.481 e. The van der Waals surface area contributed by atoms with Crippen molar-refractivity contribution in [2.24, 2.45) is 116 Å². The fraction of sp³-hybridized carbons (Fsp3) is 0.878. The molecule has 1 spiro atoms. The van der Waals surface area contributed by atoms with Gasteiger partial charge in [0.1, 0.15) is 6.10 Å². The van der Waals surface area contributed by atoms with Crippen molar-refractivity contribution < 1.29 is 58.2 Å². The highest BCUT2D eigenvalue weighted by Gasteiger charge is 2.79. The quantitative estimate of drug-likeness (QED) is 0.109. The van der Waals surface area contributed by atoms with Gasteiger partial charge in [0.2, 0.25) is 0 Å². The minimum absolute atomic E-state index is 0.0168. The molecule has 2 saturated heterocycles. The normalized spacial score (nSPS) is 52.5. The van der Waals surface area contributed by atoms with Crippen LogP contribution < -0.4 is 0 Å². The van der Waals surface area contributed by atoms with E-state index in [-0.39, 0.29) is 64.6 Å². The lowest BCUT2D eigenvalue weighted by Gasteiger charge is -2.72. The molecule has 12 heteroatoms. The van der Waals surface area contributed by atoms with Crippen LogP contribution in [0.4, 0.5) is 0 Å². The number of rotatable bonds is 7. The van der Waals surface area contributed by atoms with Crippen LogP contribution in [-0.2, 0) is 48.0 Å². The van der Waals surface area contributed by atoms with Crippen molar-refractivity contribution in [2.45, 2.75) is 152 Å². The minimum Gasteiger partial charge on any atom is -0.481 e. The topological polar surface area (TPSA) is 180 Å². The molecule has 11 fully saturated rings. The van der Waals surface area contributed by atoms with E-state index in [4.69, 9.17) is 19.2 Å². The second-order valence-corrected chi connectivity index (χ2v) is 23.7. The highest BCUT2D eigenvalue weighted by Crippen LogP contribution is 2.77. The van der Waals surface area contributed by atoms with Crippen LogP contribution in [0.15, 0.2) is 0 Å². The summed E-state index contributed by atoms with van der Waals surface area (Å²) in [5, 5.41) is 21.5. The van der Waals surface area contributed by atoms with Crippen molar-refractivity contribution in [3.05, 3.63) is 0 Å². The van der Waals surface area contributed by atoms with Gasteiger partial charge in [0.05, 0.1) is 40.6 Å². The molecule has 61 heavy (non-hydrogen) atoms. The molecule has 20 atom stereocenters. The zero-order valence-corrected chi connectivity index (χ0v) is 37.8. The van der Waals surface area contributed by atoms with Crippen molar-refractivity contribution in [1.82, 2.24) is 0 Å². The standard InChI is InChI=1S/C49H70O12/c1-22(2)31-26-20-24(5)45(6)15-10-17-47(8,43(54)55)28(45)13-12-25(33-34(26)40(51)58-39(33)50)37(31)60-61-38-32(23(3)4)27-21-30-46(7)16-11-18-48(9,44(56)57)29(46)14-19-49(30,38)36-35(27)41(52)59-42(36)53/h22-38H,10-21H2,1-9H3,(H,54,55)(H,56,57). The molecular weight excluding hydrogens is 781 g/mol. The predicted molar refractivity (Wildman–Crippen MR) is 218 cm³/mol. The van der Waals surface area contributed by atoms with E-state index in [9.17, 15) is 39.0 Å². The van der Waals surface area contributed by atoms with E-state index in [1.807, 2.05) is 13.8 Å². The van der Waals surface area contributed by atoms with Crippen LogP contribution in [0.1, 0.15) is 139 Å². The second kappa shape index (κ2) is 14.3. The number of carboxylic acids is 2. The van der Waals surface area contributed by atoms with E-state index in [0.29, 0.717) is 51.4 Å². The molecule has 11 aliphatic rings. The van der Waals surface area contributed by atoms with E-state index in [1.165, 1.54) is 0 Å². The number of carbonyl (C=O) groups is 6. The fourth-order valence-corrected chi connectivity index (χ4v) is 18.3. The number of fused-ring (bicyclic) bond motifs is 5. The molecule has 2 aliphatic heterocycles. The number of hydrogen-bond acceptors (Lipinski definition) is 10. The van der Waals surface area contributed by atoms with Gasteiger partial charge < -0.3 is 19.7 Å². The van der Waals surface area contributed by atoms with Crippen LogP contribution in [0.25, 0.3) is 0 Å². The highest BCUT2D eigenvalue weighted by molar-refractivity contribution is 5.98. The molecule has 9 saturated carbocycles. The van der Waals surface area contributed by atoms with Gasteiger partial charge in [-0.3, -0.25) is 28.8 Å². The van der Waals surface area contributed by atoms with E-state index >= 15 is 0 Å². The Morgan fingerprint density at radius 1 is 0.607 bits per heavy atom. The molecule has 0 aromatic rings. The average molecular weight is 851 g/mol. The van der Waals surface area contributed by atoms with Crippen molar-refractivity contribution in [3.63, 3.8) is 0 Å². The first-order chi connectivity index (χ1) is 28.6. The van der Waals surface area contributed by atoms with E-state index in [0.717, 1.165) is 25.7 Å². The summed E-state index contributed by atoms with van der Waals surface area (Å²) in [6.07, 6.45) is 6.51. The Balaban J connectivity index is 1.15. The van der Waals surface area contributed by atoms with Gasteiger partial charge in [0, 0.05) is 11.3 Å². The van der Waals surface area contributed by atoms with Crippen LogP contribution >= 0.6 is 0 Å². The summed E-state index contributed by atoms with van der Waals surface area (Å²) in [6, 6.07) is 0. The average Bonchev–Trinajstić information content (AvgIpc) is 3.66. The first-order valence-electron chi connectivity index (χ1n) is 23.9. The van der Waals surface area contributed by atoms with Gasteiger partial charge in [-0.2, -0.15) is 0 Å². The van der Waals surface area contributed by atoms with Gasteiger partial charge in [-0.15, -0.1) is 0 Å². The third-order valence-corrected chi connectivity index (χ3v) is 21.0. The highest BCUT2D eigenvalue weighted by atomic mass is 17.2. The number of carboxylic acid groups (broad SMARTS) is 2. The fourth-order valence-electron chi connectivity index (χ4n) is 18.3. The molecule has 0 radical (unpaired) electrons. The van der Waals surface area contributed by atoms with Crippen LogP contribution in [0.2, 0.25) is 0 Å². The summed E-state index contributed by atoms with van der Waals surface area (Å²) < 4.78 is 11.1. The van der Waals surface area contributed by atoms with Gasteiger partial charge in [0.25, 0.3) is 0 Å². The molecule has 11 rings (SSSR count). The maximum Gasteiger partial charge on any atom is 0.318 e. The molecule has 2 heterocycles. The van der Waals surface area contributed by atoms with E-state index < -0.39 is 99.3 Å².